The number of aryl methyl sites for hydroxylation is 1. The van der Waals surface area contributed by atoms with Gasteiger partial charge in [0.2, 0.25) is 5.91 Å². The van der Waals surface area contributed by atoms with E-state index in [9.17, 15) is 14.4 Å². The molecular formula is C21H22ClN3O3S. The van der Waals surface area contributed by atoms with E-state index < -0.39 is 11.2 Å². The molecule has 1 aromatic carbocycles. The van der Waals surface area contributed by atoms with E-state index in [1.54, 1.807) is 30.3 Å². The Bertz CT molecular complexity index is 1190. The van der Waals surface area contributed by atoms with Crippen molar-refractivity contribution in [3.63, 3.8) is 0 Å². The summed E-state index contributed by atoms with van der Waals surface area (Å²) >= 11 is 7.41. The van der Waals surface area contributed by atoms with Gasteiger partial charge in [-0.05, 0) is 44.0 Å². The molecule has 2 heterocycles. The van der Waals surface area contributed by atoms with Gasteiger partial charge in [0, 0.05) is 15.9 Å². The number of hydrogen-bond acceptors (Lipinski definition) is 4. The third-order valence-corrected chi connectivity index (χ3v) is 6.58. The Morgan fingerprint density at radius 1 is 1.21 bits per heavy atom. The first kappa shape index (κ1) is 19.9. The zero-order valence-corrected chi connectivity index (χ0v) is 17.7. The molecule has 3 aromatic rings. The van der Waals surface area contributed by atoms with Gasteiger partial charge < -0.3 is 5.32 Å². The standard InChI is InChI=1S/C21H22ClN3O3S/c1-13-10-17-19(27)25(16-9-5-6-14(22)11-16)21(28)24(20(17)29-13)12-18(26)23-15-7-3-2-4-8-15/h5-6,9-11,15H,2-4,7-8,12H2,1H3,(H,23,26). The molecular weight excluding hydrogens is 410 g/mol. The summed E-state index contributed by atoms with van der Waals surface area (Å²) in [5.41, 5.74) is -0.550. The number of aromatic nitrogens is 2. The molecule has 0 saturated heterocycles. The van der Waals surface area contributed by atoms with Crippen LogP contribution in [0.4, 0.5) is 0 Å². The fraction of sp³-hybridized carbons (Fsp3) is 0.381. The van der Waals surface area contributed by atoms with Crippen LogP contribution in [0.2, 0.25) is 5.02 Å². The zero-order chi connectivity index (χ0) is 20.5. The largest absolute Gasteiger partial charge is 0.352 e. The second-order valence-electron chi connectivity index (χ2n) is 7.47. The van der Waals surface area contributed by atoms with Gasteiger partial charge in [-0.1, -0.05) is 36.9 Å². The van der Waals surface area contributed by atoms with Crippen molar-refractivity contribution in [3.8, 4) is 5.69 Å². The van der Waals surface area contributed by atoms with Crippen LogP contribution in [0.1, 0.15) is 37.0 Å². The lowest BCUT2D eigenvalue weighted by Crippen LogP contribution is -2.43. The quantitative estimate of drug-likeness (QED) is 0.685. The summed E-state index contributed by atoms with van der Waals surface area (Å²) < 4.78 is 2.49. The van der Waals surface area contributed by atoms with Crippen molar-refractivity contribution in [2.45, 2.75) is 51.6 Å². The Balaban J connectivity index is 1.79. The Labute approximate surface area is 176 Å². The van der Waals surface area contributed by atoms with Crippen LogP contribution in [0.3, 0.4) is 0 Å². The van der Waals surface area contributed by atoms with Crippen LogP contribution in [0.25, 0.3) is 15.9 Å². The maximum absolute atomic E-state index is 13.3. The van der Waals surface area contributed by atoms with Gasteiger partial charge in [0.05, 0.1) is 11.1 Å². The van der Waals surface area contributed by atoms with E-state index in [0.717, 1.165) is 35.1 Å². The number of fused-ring (bicyclic) bond motifs is 1. The maximum Gasteiger partial charge on any atom is 0.337 e. The summed E-state index contributed by atoms with van der Waals surface area (Å²) in [7, 11) is 0. The molecule has 0 spiro atoms. The van der Waals surface area contributed by atoms with E-state index in [0.29, 0.717) is 20.9 Å². The van der Waals surface area contributed by atoms with Crippen molar-refractivity contribution < 1.29 is 4.79 Å². The average molecular weight is 432 g/mol. The number of benzene rings is 1. The second-order valence-corrected chi connectivity index (χ2v) is 9.14. The molecule has 0 radical (unpaired) electrons. The van der Waals surface area contributed by atoms with E-state index in [4.69, 9.17) is 11.6 Å². The van der Waals surface area contributed by atoms with Crippen LogP contribution >= 0.6 is 22.9 Å². The molecule has 1 N–H and O–H groups in total. The number of amides is 1. The smallest absolute Gasteiger partial charge is 0.337 e. The highest BCUT2D eigenvalue weighted by molar-refractivity contribution is 7.18. The molecule has 1 aliphatic carbocycles. The SMILES string of the molecule is Cc1cc2c(=O)n(-c3cccc(Cl)c3)c(=O)n(CC(=O)NC3CCCCC3)c2s1. The highest BCUT2D eigenvalue weighted by atomic mass is 35.5. The van der Waals surface area contributed by atoms with E-state index in [1.807, 2.05) is 6.92 Å². The van der Waals surface area contributed by atoms with Crippen molar-refractivity contribution >= 4 is 39.1 Å². The minimum Gasteiger partial charge on any atom is -0.352 e. The first-order chi connectivity index (χ1) is 13.9. The number of halogens is 1. The predicted molar refractivity (Wildman–Crippen MR) is 116 cm³/mol. The Morgan fingerprint density at radius 3 is 2.69 bits per heavy atom. The summed E-state index contributed by atoms with van der Waals surface area (Å²) in [5.74, 6) is -0.206. The molecule has 6 nitrogen and oxygen atoms in total. The molecule has 0 aliphatic heterocycles. The van der Waals surface area contributed by atoms with Crippen molar-refractivity contribution in [2.24, 2.45) is 0 Å². The number of carbonyl (C=O) groups excluding carboxylic acids is 1. The van der Waals surface area contributed by atoms with Gasteiger partial charge in [-0.2, -0.15) is 0 Å². The van der Waals surface area contributed by atoms with Crippen molar-refractivity contribution in [3.05, 3.63) is 61.1 Å². The van der Waals surface area contributed by atoms with E-state index in [2.05, 4.69) is 5.32 Å². The fourth-order valence-corrected chi connectivity index (χ4v) is 5.09. The van der Waals surface area contributed by atoms with Crippen LogP contribution in [-0.2, 0) is 11.3 Å². The van der Waals surface area contributed by atoms with Crippen molar-refractivity contribution in [1.82, 2.24) is 14.5 Å². The number of nitrogens with one attached hydrogen (secondary N) is 1. The van der Waals surface area contributed by atoms with Crippen LogP contribution in [0.5, 0.6) is 0 Å². The van der Waals surface area contributed by atoms with Crippen LogP contribution in [-0.4, -0.2) is 21.1 Å². The fourth-order valence-electron chi connectivity index (χ4n) is 3.92. The van der Waals surface area contributed by atoms with Gasteiger partial charge >= 0.3 is 5.69 Å². The molecule has 0 bridgehead atoms. The van der Waals surface area contributed by atoms with Crippen molar-refractivity contribution in [1.29, 1.82) is 0 Å². The molecule has 1 amide bonds. The number of nitrogens with zero attached hydrogens (tertiary/aromatic N) is 2. The van der Waals surface area contributed by atoms with Gasteiger partial charge in [-0.3, -0.25) is 14.2 Å². The van der Waals surface area contributed by atoms with Crippen molar-refractivity contribution in [2.75, 3.05) is 0 Å². The molecule has 152 valence electrons. The summed E-state index contributed by atoms with van der Waals surface area (Å²) in [6.45, 7) is 1.76. The number of carbonyl (C=O) groups is 1. The van der Waals surface area contributed by atoms with Gasteiger partial charge in [0.25, 0.3) is 5.56 Å². The molecule has 2 aromatic heterocycles. The van der Waals surface area contributed by atoms with Crippen LogP contribution in [0.15, 0.2) is 39.9 Å². The molecule has 8 heteroatoms. The number of thiophene rings is 1. The minimum absolute atomic E-state index is 0.118. The van der Waals surface area contributed by atoms with Crippen LogP contribution in [0, 0.1) is 6.92 Å². The lowest BCUT2D eigenvalue weighted by atomic mass is 9.95. The third kappa shape index (κ3) is 4.02. The van der Waals surface area contributed by atoms with E-state index in [-0.39, 0.29) is 18.5 Å². The molecule has 29 heavy (non-hydrogen) atoms. The molecule has 1 fully saturated rings. The topological polar surface area (TPSA) is 73.1 Å². The van der Waals surface area contributed by atoms with Gasteiger partial charge in [-0.15, -0.1) is 11.3 Å². The van der Waals surface area contributed by atoms with E-state index in [1.165, 1.54) is 22.3 Å². The highest BCUT2D eigenvalue weighted by Gasteiger charge is 2.21. The predicted octanol–water partition coefficient (Wildman–Crippen LogP) is 3.62. The average Bonchev–Trinajstić information content (AvgIpc) is 3.08. The first-order valence-corrected chi connectivity index (χ1v) is 10.9. The highest BCUT2D eigenvalue weighted by Crippen LogP contribution is 2.22. The van der Waals surface area contributed by atoms with Gasteiger partial charge in [-0.25, -0.2) is 9.36 Å². The summed E-state index contributed by atoms with van der Waals surface area (Å²) in [6.07, 6.45) is 5.36. The lowest BCUT2D eigenvalue weighted by Gasteiger charge is -2.23. The van der Waals surface area contributed by atoms with Gasteiger partial charge in [0.1, 0.15) is 11.4 Å². The summed E-state index contributed by atoms with van der Waals surface area (Å²) in [5, 5.41) is 3.90. The Hall–Kier alpha value is -2.38. The number of rotatable bonds is 4. The molecule has 0 atom stereocenters. The normalized spacial score (nSPS) is 15.0. The monoisotopic (exact) mass is 431 g/mol. The van der Waals surface area contributed by atoms with Gasteiger partial charge in [0.15, 0.2) is 0 Å². The number of hydrogen-bond donors (Lipinski definition) is 1. The Morgan fingerprint density at radius 2 is 1.97 bits per heavy atom. The molecule has 1 aliphatic rings. The Kier molecular flexibility index (Phi) is 5.61. The molecule has 0 unspecified atom stereocenters. The second kappa shape index (κ2) is 8.16. The molecule has 1 saturated carbocycles. The third-order valence-electron chi connectivity index (χ3n) is 5.27. The lowest BCUT2D eigenvalue weighted by molar-refractivity contribution is -0.122. The summed E-state index contributed by atoms with van der Waals surface area (Å²) in [6, 6.07) is 8.52. The summed E-state index contributed by atoms with van der Waals surface area (Å²) in [4.78, 5) is 40.4. The molecule has 4 rings (SSSR count). The first-order valence-electron chi connectivity index (χ1n) is 9.75. The maximum atomic E-state index is 13.3. The van der Waals surface area contributed by atoms with E-state index >= 15 is 0 Å². The van der Waals surface area contributed by atoms with Crippen LogP contribution < -0.4 is 16.6 Å². The minimum atomic E-state index is -0.537. The zero-order valence-electron chi connectivity index (χ0n) is 16.1.